The van der Waals surface area contributed by atoms with E-state index in [0.717, 1.165) is 61.1 Å². The van der Waals surface area contributed by atoms with Crippen molar-refractivity contribution >= 4 is 71.3 Å². The highest BCUT2D eigenvalue weighted by Gasteiger charge is 2.31. The minimum absolute atomic E-state index is 0.0737. The fourth-order valence-corrected chi connectivity index (χ4v) is 10.2. The van der Waals surface area contributed by atoms with E-state index in [0.29, 0.717) is 0 Å². The predicted octanol–water partition coefficient (Wildman–Crippen LogP) is 17.0. The van der Waals surface area contributed by atoms with Crippen LogP contribution in [0.4, 0.5) is 17.1 Å². The van der Waals surface area contributed by atoms with Crippen molar-refractivity contribution in [2.24, 2.45) is 0 Å². The smallest absolute Gasteiger partial charge is 0.136 e. The van der Waals surface area contributed by atoms with Crippen molar-refractivity contribution < 1.29 is 4.42 Å². The van der Waals surface area contributed by atoms with Crippen molar-refractivity contribution in [3.63, 3.8) is 0 Å². The first-order chi connectivity index (χ1) is 31.7. The Morgan fingerprint density at radius 3 is 1.62 bits per heavy atom. The molecule has 3 nitrogen and oxygen atoms in total. The summed E-state index contributed by atoms with van der Waals surface area (Å²) >= 11 is 0. The highest BCUT2D eigenvalue weighted by molar-refractivity contribution is 6.25. The molecule has 2 heterocycles. The Morgan fingerprint density at radius 2 is 0.891 bits per heavy atom. The first-order valence-electron chi connectivity index (χ1n) is 22.0. The fourth-order valence-electron chi connectivity index (χ4n) is 10.2. The molecule has 12 aromatic rings. The fraction of sp³-hybridized carbons (Fsp3) is 0.0164. The van der Waals surface area contributed by atoms with Gasteiger partial charge in [0.1, 0.15) is 17.3 Å². The Hall–Kier alpha value is -8.40. The van der Waals surface area contributed by atoms with Crippen molar-refractivity contribution in [3.05, 3.63) is 236 Å². The van der Waals surface area contributed by atoms with Crippen molar-refractivity contribution in [2.45, 2.75) is 6.17 Å². The van der Waals surface area contributed by atoms with Gasteiger partial charge in [0.05, 0.1) is 11.4 Å². The number of nitrogens with zero attached hydrogens (tertiary/aromatic N) is 1. The lowest BCUT2D eigenvalue weighted by Crippen LogP contribution is -2.23. The highest BCUT2D eigenvalue weighted by Crippen LogP contribution is 2.47. The normalized spacial score (nSPS) is 13.6. The van der Waals surface area contributed by atoms with Gasteiger partial charge in [-0.2, -0.15) is 0 Å². The van der Waals surface area contributed by atoms with Gasteiger partial charge in [-0.3, -0.25) is 0 Å². The van der Waals surface area contributed by atoms with Gasteiger partial charge in [0.25, 0.3) is 0 Å². The molecule has 1 aliphatic heterocycles. The van der Waals surface area contributed by atoms with E-state index in [1.807, 2.05) is 6.07 Å². The number of fused-ring (bicyclic) bond motifs is 10. The van der Waals surface area contributed by atoms with Crippen LogP contribution in [0.1, 0.15) is 11.7 Å². The molecule has 0 bridgehead atoms. The molecule has 64 heavy (non-hydrogen) atoms. The summed E-state index contributed by atoms with van der Waals surface area (Å²) in [6.07, 6.45) is -0.0737. The highest BCUT2D eigenvalue weighted by atomic mass is 16.3. The van der Waals surface area contributed by atoms with E-state index in [1.54, 1.807) is 0 Å². The lowest BCUT2D eigenvalue weighted by molar-refractivity contribution is 0.669. The zero-order valence-electron chi connectivity index (χ0n) is 34.9. The maximum Gasteiger partial charge on any atom is 0.136 e. The van der Waals surface area contributed by atoms with E-state index in [4.69, 9.17) is 4.42 Å². The van der Waals surface area contributed by atoms with Crippen LogP contribution in [-0.2, 0) is 0 Å². The topological polar surface area (TPSA) is 28.4 Å². The summed E-state index contributed by atoms with van der Waals surface area (Å²) in [5.41, 5.74) is 15.6. The number of anilines is 3. The molecule has 0 saturated heterocycles. The minimum atomic E-state index is -0.0737. The van der Waals surface area contributed by atoms with Gasteiger partial charge < -0.3 is 14.6 Å². The summed E-state index contributed by atoms with van der Waals surface area (Å²) in [5.74, 6) is 0. The molecule has 0 radical (unpaired) electrons. The molecule has 1 aromatic heterocycles. The molecular formula is C61H40N2O. The molecule has 0 saturated carbocycles. The van der Waals surface area contributed by atoms with Crippen LogP contribution in [0, 0.1) is 0 Å². The van der Waals surface area contributed by atoms with Crippen molar-refractivity contribution in [1.82, 2.24) is 0 Å². The average molecular weight is 817 g/mol. The molecule has 1 N–H and O–H groups in total. The second-order valence-corrected chi connectivity index (χ2v) is 16.9. The molecule has 3 heteroatoms. The molecule has 0 amide bonds. The van der Waals surface area contributed by atoms with Crippen molar-refractivity contribution in [1.29, 1.82) is 0 Å². The quantitative estimate of drug-likeness (QED) is 0.170. The second-order valence-electron chi connectivity index (χ2n) is 16.9. The van der Waals surface area contributed by atoms with Crippen molar-refractivity contribution in [2.75, 3.05) is 10.2 Å². The van der Waals surface area contributed by atoms with Gasteiger partial charge in [-0.25, -0.2) is 0 Å². The van der Waals surface area contributed by atoms with Gasteiger partial charge in [-0.1, -0.05) is 164 Å². The molecular weight excluding hydrogens is 777 g/mol. The summed E-state index contributed by atoms with van der Waals surface area (Å²) < 4.78 is 6.66. The van der Waals surface area contributed by atoms with Crippen LogP contribution >= 0.6 is 0 Å². The third kappa shape index (κ3) is 5.90. The van der Waals surface area contributed by atoms with Gasteiger partial charge in [-0.05, 0) is 149 Å². The molecule has 11 aromatic carbocycles. The van der Waals surface area contributed by atoms with Gasteiger partial charge in [-0.15, -0.1) is 0 Å². The summed E-state index contributed by atoms with van der Waals surface area (Å²) in [6.45, 7) is 0. The number of hydrogen-bond acceptors (Lipinski definition) is 3. The van der Waals surface area contributed by atoms with Crippen LogP contribution in [0.2, 0.25) is 0 Å². The summed E-state index contributed by atoms with van der Waals surface area (Å²) in [7, 11) is 0. The molecule has 1 unspecified atom stereocenters. The largest absolute Gasteiger partial charge is 0.456 e. The monoisotopic (exact) mass is 816 g/mol. The number of hydrogen-bond donors (Lipinski definition) is 1. The third-order valence-corrected chi connectivity index (χ3v) is 13.2. The van der Waals surface area contributed by atoms with E-state index in [9.17, 15) is 0 Å². The van der Waals surface area contributed by atoms with Crippen LogP contribution in [0.25, 0.3) is 98.8 Å². The van der Waals surface area contributed by atoms with Gasteiger partial charge in [0, 0.05) is 16.5 Å². The number of para-hydroxylation sites is 4. The van der Waals surface area contributed by atoms with Crippen LogP contribution < -0.4 is 10.2 Å². The summed E-state index contributed by atoms with van der Waals surface area (Å²) in [4.78, 5) is 2.40. The number of rotatable bonds is 6. The lowest BCUT2D eigenvalue weighted by Gasteiger charge is -2.27. The van der Waals surface area contributed by atoms with E-state index < -0.39 is 0 Å². The first kappa shape index (κ1) is 36.3. The first-order valence-corrected chi connectivity index (χ1v) is 22.0. The summed E-state index contributed by atoms with van der Waals surface area (Å²) in [5, 5.41) is 13.8. The van der Waals surface area contributed by atoms with Crippen molar-refractivity contribution in [3.8, 4) is 44.5 Å². The van der Waals surface area contributed by atoms with Gasteiger partial charge in [0.15, 0.2) is 0 Å². The summed E-state index contributed by atoms with van der Waals surface area (Å²) in [6, 6.07) is 83.6. The zero-order chi connectivity index (χ0) is 42.1. The molecule has 0 aliphatic carbocycles. The lowest BCUT2D eigenvalue weighted by atomic mass is 9.90. The number of benzene rings is 11. The molecule has 1 aliphatic rings. The van der Waals surface area contributed by atoms with Crippen LogP contribution in [0.3, 0.4) is 0 Å². The number of furan rings is 1. The van der Waals surface area contributed by atoms with E-state index in [-0.39, 0.29) is 6.17 Å². The Morgan fingerprint density at radius 1 is 0.344 bits per heavy atom. The van der Waals surface area contributed by atoms with E-state index in [2.05, 4.69) is 235 Å². The maximum absolute atomic E-state index is 6.66. The Balaban J connectivity index is 0.912. The van der Waals surface area contributed by atoms with E-state index >= 15 is 0 Å². The molecule has 13 rings (SSSR count). The van der Waals surface area contributed by atoms with Crippen LogP contribution in [0.5, 0.6) is 0 Å². The van der Waals surface area contributed by atoms with Crippen LogP contribution in [-0.4, -0.2) is 0 Å². The SMILES string of the molecule is c1ccc(N2c3ccccc3NC2c2cccc(-c3cc(-c4cccc(-c5cccc(-c6ccc7c8ccccc8c8ccccc8c7c6)c5)c4)c4c(c3)oc3ccccc34)c2)cc1. The predicted molar refractivity (Wildman–Crippen MR) is 269 cm³/mol. The molecule has 0 spiro atoms. The molecule has 1 atom stereocenters. The molecule has 0 fully saturated rings. The molecule has 300 valence electrons. The second kappa shape index (κ2) is 14.6. The van der Waals surface area contributed by atoms with Crippen LogP contribution in [0.15, 0.2) is 235 Å². The van der Waals surface area contributed by atoms with E-state index in [1.165, 1.54) is 60.3 Å². The third-order valence-electron chi connectivity index (χ3n) is 13.2. The average Bonchev–Trinajstić information content (AvgIpc) is 3.96. The Kier molecular flexibility index (Phi) is 8.28. The Labute approximate surface area is 371 Å². The number of nitrogens with one attached hydrogen (secondary N) is 1. The van der Waals surface area contributed by atoms with Gasteiger partial charge in [0.2, 0.25) is 0 Å². The Bertz CT molecular complexity index is 3750. The maximum atomic E-state index is 6.66. The van der Waals surface area contributed by atoms with Gasteiger partial charge >= 0.3 is 0 Å². The minimum Gasteiger partial charge on any atom is -0.456 e. The zero-order valence-corrected chi connectivity index (χ0v) is 34.9. The standard InChI is InChI=1S/C61H40N2O/c1-2-21-47(22-3-1)63-57-29-10-9-28-56(57)62-61(63)45-20-14-18-42(35-45)46-37-54(60-53-27-8-11-30-58(53)64-59(60)38-46)44-19-13-17-41(34-44)39-15-12-16-40(33-39)43-31-32-52-50-25-5-4-23-48(50)49-24-6-7-26-51(49)55(52)36-43/h1-38,61-62H.